The summed E-state index contributed by atoms with van der Waals surface area (Å²) in [6, 6.07) is 69.7. The van der Waals surface area contributed by atoms with E-state index < -0.39 is 0 Å². The van der Waals surface area contributed by atoms with Crippen LogP contribution in [-0.2, 0) is 0 Å². The Hall–Kier alpha value is -7.82. The molecule has 0 radical (unpaired) electrons. The summed E-state index contributed by atoms with van der Waals surface area (Å²) < 4.78 is 17.5. The van der Waals surface area contributed by atoms with E-state index >= 15 is 0 Å². The van der Waals surface area contributed by atoms with Gasteiger partial charge in [-0.05, 0) is 101 Å². The molecular formula is C54H32N2O2. The van der Waals surface area contributed by atoms with Crippen LogP contribution in [0.4, 0.5) is 0 Å². The minimum absolute atomic E-state index is 0.884. The monoisotopic (exact) mass is 740 g/mol. The predicted molar refractivity (Wildman–Crippen MR) is 241 cm³/mol. The van der Waals surface area contributed by atoms with Crippen LogP contribution in [0.25, 0.3) is 121 Å². The van der Waals surface area contributed by atoms with Crippen molar-refractivity contribution in [2.24, 2.45) is 0 Å². The molecule has 0 atom stereocenters. The smallest absolute Gasteiger partial charge is 0.135 e. The van der Waals surface area contributed by atoms with Crippen LogP contribution in [0.2, 0.25) is 0 Å². The van der Waals surface area contributed by atoms with Crippen molar-refractivity contribution in [1.29, 1.82) is 0 Å². The highest BCUT2D eigenvalue weighted by Crippen LogP contribution is 2.46. The fourth-order valence-corrected chi connectivity index (χ4v) is 9.61. The number of rotatable bonds is 4. The molecule has 0 aliphatic carbocycles. The van der Waals surface area contributed by atoms with Gasteiger partial charge in [0.05, 0.1) is 22.1 Å². The van der Waals surface area contributed by atoms with Crippen LogP contribution in [0, 0.1) is 0 Å². The first kappa shape index (κ1) is 31.4. The Balaban J connectivity index is 1.16. The van der Waals surface area contributed by atoms with Gasteiger partial charge in [0.1, 0.15) is 22.3 Å². The molecule has 13 rings (SSSR count). The highest BCUT2D eigenvalue weighted by molar-refractivity contribution is 6.31. The first-order valence-corrected chi connectivity index (χ1v) is 19.8. The summed E-state index contributed by atoms with van der Waals surface area (Å²) in [6.45, 7) is 0. The van der Waals surface area contributed by atoms with E-state index in [0.717, 1.165) is 71.8 Å². The maximum absolute atomic E-state index is 6.30. The second-order valence-corrected chi connectivity index (χ2v) is 15.2. The van der Waals surface area contributed by atoms with Crippen molar-refractivity contribution in [3.8, 4) is 33.6 Å². The molecule has 0 amide bonds. The van der Waals surface area contributed by atoms with Crippen molar-refractivity contribution in [3.63, 3.8) is 0 Å². The van der Waals surface area contributed by atoms with E-state index in [1.807, 2.05) is 24.3 Å². The SMILES string of the molecule is c1ccc(-c2cccc(-n3c4ccccc4c4c5c6c(-c7ccc8oc9ccccc9c8c7)cccc6n(-c6ccc7oc8ccccc8c7c6)c5ccc43)c2)cc1. The molecule has 0 bridgehead atoms. The second-order valence-electron chi connectivity index (χ2n) is 15.2. The Labute approximate surface area is 332 Å². The predicted octanol–water partition coefficient (Wildman–Crippen LogP) is 15.0. The summed E-state index contributed by atoms with van der Waals surface area (Å²) in [5.74, 6) is 0. The van der Waals surface area contributed by atoms with Crippen LogP contribution < -0.4 is 0 Å². The maximum Gasteiger partial charge on any atom is 0.135 e. The van der Waals surface area contributed by atoms with Crippen molar-refractivity contribution >= 4 is 87.5 Å². The summed E-state index contributed by atoms with van der Waals surface area (Å²) in [6.07, 6.45) is 0. The summed E-state index contributed by atoms with van der Waals surface area (Å²) in [7, 11) is 0. The van der Waals surface area contributed by atoms with E-state index in [1.54, 1.807) is 0 Å². The number of fused-ring (bicyclic) bond motifs is 13. The van der Waals surface area contributed by atoms with E-state index in [2.05, 4.69) is 179 Å². The lowest BCUT2D eigenvalue weighted by atomic mass is 9.96. The first-order valence-electron chi connectivity index (χ1n) is 19.8. The number of hydrogen-bond acceptors (Lipinski definition) is 2. The number of aromatic nitrogens is 2. The van der Waals surface area contributed by atoms with Crippen molar-refractivity contribution in [2.75, 3.05) is 0 Å². The average molecular weight is 741 g/mol. The van der Waals surface area contributed by atoms with Crippen LogP contribution in [0.1, 0.15) is 0 Å². The molecule has 4 heterocycles. The number of furan rings is 2. The van der Waals surface area contributed by atoms with Crippen molar-refractivity contribution < 1.29 is 8.83 Å². The highest BCUT2D eigenvalue weighted by atomic mass is 16.3. The van der Waals surface area contributed by atoms with Gasteiger partial charge in [-0.15, -0.1) is 0 Å². The lowest BCUT2D eigenvalue weighted by Crippen LogP contribution is -1.95. The topological polar surface area (TPSA) is 36.1 Å². The molecule has 4 heteroatoms. The molecule has 0 unspecified atom stereocenters. The number of hydrogen-bond donors (Lipinski definition) is 0. The molecule has 270 valence electrons. The van der Waals surface area contributed by atoms with Crippen molar-refractivity contribution in [3.05, 3.63) is 194 Å². The number of para-hydroxylation sites is 3. The van der Waals surface area contributed by atoms with Crippen LogP contribution in [0.5, 0.6) is 0 Å². The standard InChI is InChI=1S/C54H32N2O2/c1-2-12-33(13-3-1)34-14-10-15-36(30-34)55-44-20-7-4-18-41(44)53-46(55)26-27-47-54(53)52-38(35-24-28-50-42(31-35)39-16-5-8-22-48(39)57-50)19-11-21-45(52)56(47)37-25-29-51-43(32-37)40-17-6-9-23-49(40)58-51/h1-32H. The maximum atomic E-state index is 6.30. The van der Waals surface area contributed by atoms with E-state index in [1.165, 1.54) is 49.3 Å². The molecular weight excluding hydrogens is 709 g/mol. The molecule has 4 nitrogen and oxygen atoms in total. The van der Waals surface area contributed by atoms with Crippen LogP contribution in [0.3, 0.4) is 0 Å². The highest BCUT2D eigenvalue weighted by Gasteiger charge is 2.23. The Bertz CT molecular complexity index is 3800. The molecule has 9 aromatic carbocycles. The quantitative estimate of drug-likeness (QED) is 0.180. The Kier molecular flexibility index (Phi) is 6.41. The Morgan fingerprint density at radius 1 is 0.276 bits per heavy atom. The molecule has 0 saturated heterocycles. The number of benzene rings is 9. The third kappa shape index (κ3) is 4.40. The first-order chi connectivity index (χ1) is 28.8. The van der Waals surface area contributed by atoms with E-state index in [-0.39, 0.29) is 0 Å². The molecule has 0 aliphatic rings. The zero-order valence-corrected chi connectivity index (χ0v) is 31.2. The molecule has 58 heavy (non-hydrogen) atoms. The van der Waals surface area contributed by atoms with Crippen LogP contribution in [0.15, 0.2) is 203 Å². The Morgan fingerprint density at radius 2 is 0.828 bits per heavy atom. The lowest BCUT2D eigenvalue weighted by Gasteiger charge is -2.11. The largest absolute Gasteiger partial charge is 0.456 e. The summed E-state index contributed by atoms with van der Waals surface area (Å²) >= 11 is 0. The molecule has 0 aliphatic heterocycles. The molecule has 0 fully saturated rings. The van der Waals surface area contributed by atoms with Gasteiger partial charge in [-0.1, -0.05) is 115 Å². The van der Waals surface area contributed by atoms with Gasteiger partial charge in [-0.2, -0.15) is 0 Å². The second kappa shape index (κ2) is 11.8. The van der Waals surface area contributed by atoms with Crippen LogP contribution >= 0.6 is 0 Å². The van der Waals surface area contributed by atoms with Gasteiger partial charge in [0.25, 0.3) is 0 Å². The lowest BCUT2D eigenvalue weighted by molar-refractivity contribution is 0.668. The molecule has 13 aromatic rings. The van der Waals surface area contributed by atoms with E-state index in [9.17, 15) is 0 Å². The fraction of sp³-hybridized carbons (Fsp3) is 0. The van der Waals surface area contributed by atoms with Gasteiger partial charge >= 0.3 is 0 Å². The third-order valence-electron chi connectivity index (χ3n) is 12.1. The van der Waals surface area contributed by atoms with Crippen molar-refractivity contribution in [1.82, 2.24) is 9.13 Å². The average Bonchev–Trinajstić information content (AvgIpc) is 4.04. The third-order valence-corrected chi connectivity index (χ3v) is 12.1. The van der Waals surface area contributed by atoms with Gasteiger partial charge in [0, 0.05) is 54.5 Å². The molecule has 4 aromatic heterocycles. The minimum Gasteiger partial charge on any atom is -0.456 e. The van der Waals surface area contributed by atoms with Gasteiger partial charge in [-0.3, -0.25) is 0 Å². The summed E-state index contributed by atoms with van der Waals surface area (Å²) in [5.41, 5.74) is 15.1. The van der Waals surface area contributed by atoms with Gasteiger partial charge in [0.15, 0.2) is 0 Å². The molecule has 0 spiro atoms. The normalized spacial score (nSPS) is 12.1. The van der Waals surface area contributed by atoms with E-state index in [0.29, 0.717) is 0 Å². The zero-order valence-electron chi connectivity index (χ0n) is 31.2. The number of nitrogens with zero attached hydrogens (tertiary/aromatic N) is 2. The zero-order chi connectivity index (χ0) is 37.9. The molecule has 0 saturated carbocycles. The van der Waals surface area contributed by atoms with Gasteiger partial charge in [0.2, 0.25) is 0 Å². The summed E-state index contributed by atoms with van der Waals surface area (Å²) in [5, 5.41) is 9.36. The van der Waals surface area contributed by atoms with Gasteiger partial charge < -0.3 is 18.0 Å². The summed E-state index contributed by atoms with van der Waals surface area (Å²) in [4.78, 5) is 0. The molecule has 0 N–H and O–H groups in total. The van der Waals surface area contributed by atoms with Crippen molar-refractivity contribution in [2.45, 2.75) is 0 Å². The Morgan fingerprint density at radius 3 is 1.62 bits per heavy atom. The van der Waals surface area contributed by atoms with Gasteiger partial charge in [-0.25, -0.2) is 0 Å². The minimum atomic E-state index is 0.884. The van der Waals surface area contributed by atoms with E-state index in [4.69, 9.17) is 8.83 Å². The fourth-order valence-electron chi connectivity index (χ4n) is 9.61. The van der Waals surface area contributed by atoms with Crippen LogP contribution in [-0.4, -0.2) is 9.13 Å².